The Morgan fingerprint density at radius 2 is 2.28 bits per heavy atom. The van der Waals surface area contributed by atoms with Crippen molar-refractivity contribution in [3.63, 3.8) is 0 Å². The van der Waals surface area contributed by atoms with Gasteiger partial charge in [0, 0.05) is 13.5 Å². The van der Waals surface area contributed by atoms with Gasteiger partial charge in [0.25, 0.3) is 0 Å². The second-order valence-corrected chi connectivity index (χ2v) is 6.04. The van der Waals surface area contributed by atoms with E-state index in [1.807, 2.05) is 11.0 Å². The molecule has 1 atom stereocenters. The third-order valence-corrected chi connectivity index (χ3v) is 4.16. The molecular formula is C18H18FN3O3. The van der Waals surface area contributed by atoms with Crippen LogP contribution in [0.5, 0.6) is 0 Å². The van der Waals surface area contributed by atoms with Crippen LogP contribution in [0.4, 0.5) is 10.1 Å². The molecule has 1 unspecified atom stereocenters. The van der Waals surface area contributed by atoms with Crippen molar-refractivity contribution in [1.29, 1.82) is 5.26 Å². The van der Waals surface area contributed by atoms with Gasteiger partial charge in [0.15, 0.2) is 5.89 Å². The molecule has 6 nitrogen and oxygen atoms in total. The van der Waals surface area contributed by atoms with Gasteiger partial charge in [-0.3, -0.25) is 0 Å². The van der Waals surface area contributed by atoms with E-state index in [1.165, 1.54) is 12.1 Å². The number of ether oxygens (including phenoxy) is 1. The molecule has 1 aliphatic rings. The van der Waals surface area contributed by atoms with Crippen LogP contribution in [-0.2, 0) is 4.74 Å². The first kappa shape index (κ1) is 17.0. The second-order valence-electron chi connectivity index (χ2n) is 6.04. The molecule has 2 aromatic rings. The fourth-order valence-electron chi connectivity index (χ4n) is 3.05. The van der Waals surface area contributed by atoms with Crippen LogP contribution in [-0.4, -0.2) is 30.1 Å². The summed E-state index contributed by atoms with van der Waals surface area (Å²) >= 11 is 0. The maximum atomic E-state index is 13.3. The number of carbonyl (C=O) groups is 1. The van der Waals surface area contributed by atoms with Crippen LogP contribution >= 0.6 is 0 Å². The number of hydrogen-bond acceptors (Lipinski definition) is 6. The van der Waals surface area contributed by atoms with Crippen LogP contribution in [0, 0.1) is 31.0 Å². The van der Waals surface area contributed by atoms with Gasteiger partial charge in [-0.2, -0.15) is 5.26 Å². The van der Waals surface area contributed by atoms with Crippen LogP contribution in [0.25, 0.3) is 0 Å². The average molecular weight is 343 g/mol. The number of benzene rings is 1. The highest BCUT2D eigenvalue weighted by molar-refractivity contribution is 5.87. The summed E-state index contributed by atoms with van der Waals surface area (Å²) in [6.07, 6.45) is 1.19. The summed E-state index contributed by atoms with van der Waals surface area (Å²) in [6, 6.07) is 6.14. The van der Waals surface area contributed by atoms with E-state index in [9.17, 15) is 14.4 Å². The predicted octanol–water partition coefficient (Wildman–Crippen LogP) is 3.13. The number of nitriles is 1. The summed E-state index contributed by atoms with van der Waals surface area (Å²) in [6.45, 7) is 4.52. The summed E-state index contributed by atoms with van der Waals surface area (Å²) < 4.78 is 24.2. The average Bonchev–Trinajstić information content (AvgIpc) is 2.93. The van der Waals surface area contributed by atoms with Gasteiger partial charge in [0.1, 0.15) is 18.0 Å². The van der Waals surface area contributed by atoms with Crippen LogP contribution in [0.1, 0.15) is 40.5 Å². The first-order chi connectivity index (χ1) is 12.0. The van der Waals surface area contributed by atoms with E-state index in [2.05, 4.69) is 4.98 Å². The molecule has 0 amide bonds. The molecule has 2 heterocycles. The lowest BCUT2D eigenvalue weighted by molar-refractivity contribution is 0.0232. The highest BCUT2D eigenvalue weighted by atomic mass is 19.1. The zero-order valence-electron chi connectivity index (χ0n) is 14.1. The number of piperidine rings is 1. The number of oxazole rings is 1. The molecule has 25 heavy (non-hydrogen) atoms. The minimum absolute atomic E-state index is 0.120. The molecule has 0 aliphatic carbocycles. The van der Waals surface area contributed by atoms with Gasteiger partial charge >= 0.3 is 5.97 Å². The van der Waals surface area contributed by atoms with E-state index in [4.69, 9.17) is 9.15 Å². The Kier molecular flexibility index (Phi) is 4.70. The SMILES string of the molecule is Cc1nc(C)c(C(=O)OC2CCCN(c3ccc(F)cc3C#N)C2)o1. The monoisotopic (exact) mass is 343 g/mol. The largest absolute Gasteiger partial charge is 0.455 e. The van der Waals surface area contributed by atoms with E-state index in [0.717, 1.165) is 19.4 Å². The summed E-state index contributed by atoms with van der Waals surface area (Å²) in [4.78, 5) is 18.3. The van der Waals surface area contributed by atoms with Gasteiger partial charge < -0.3 is 14.1 Å². The fraction of sp³-hybridized carbons (Fsp3) is 0.389. The molecule has 0 saturated carbocycles. The standard InChI is InChI=1S/C18H18FN3O3/c1-11-17(24-12(2)21-11)18(23)25-15-4-3-7-22(10-15)16-6-5-14(19)8-13(16)9-20/h5-6,8,15H,3-4,7,10H2,1-2H3. The number of aryl methyl sites for hydroxylation is 2. The summed E-state index contributed by atoms with van der Waals surface area (Å²) in [7, 11) is 0. The fourth-order valence-corrected chi connectivity index (χ4v) is 3.05. The molecule has 7 heteroatoms. The third-order valence-electron chi connectivity index (χ3n) is 4.16. The first-order valence-electron chi connectivity index (χ1n) is 8.07. The molecule has 3 rings (SSSR count). The number of rotatable bonds is 3. The molecule has 1 aromatic carbocycles. The number of anilines is 1. The number of halogens is 1. The Labute approximate surface area is 144 Å². The van der Waals surface area contributed by atoms with Gasteiger partial charge in [-0.05, 0) is 38.0 Å². The van der Waals surface area contributed by atoms with Crippen molar-refractivity contribution in [2.75, 3.05) is 18.0 Å². The van der Waals surface area contributed by atoms with Gasteiger partial charge in [-0.25, -0.2) is 14.2 Å². The van der Waals surface area contributed by atoms with E-state index >= 15 is 0 Å². The molecule has 1 aromatic heterocycles. The van der Waals surface area contributed by atoms with E-state index < -0.39 is 11.8 Å². The molecule has 0 bridgehead atoms. The first-order valence-corrected chi connectivity index (χ1v) is 8.07. The molecule has 1 saturated heterocycles. The van der Waals surface area contributed by atoms with Gasteiger partial charge in [0.05, 0.1) is 23.5 Å². The van der Waals surface area contributed by atoms with Crippen molar-refractivity contribution in [2.45, 2.75) is 32.8 Å². The quantitative estimate of drug-likeness (QED) is 0.797. The third kappa shape index (κ3) is 3.63. The van der Waals surface area contributed by atoms with Gasteiger partial charge in [0.2, 0.25) is 5.76 Å². The molecule has 1 aliphatic heterocycles. The van der Waals surface area contributed by atoms with Crippen molar-refractivity contribution in [3.8, 4) is 6.07 Å². The zero-order valence-corrected chi connectivity index (χ0v) is 14.1. The summed E-state index contributed by atoms with van der Waals surface area (Å²) in [5.41, 5.74) is 1.42. The Hall–Kier alpha value is -2.88. The molecule has 0 N–H and O–H groups in total. The molecule has 130 valence electrons. The zero-order chi connectivity index (χ0) is 18.0. The van der Waals surface area contributed by atoms with Crippen molar-refractivity contribution >= 4 is 11.7 Å². The molecule has 0 spiro atoms. The van der Waals surface area contributed by atoms with Crippen molar-refractivity contribution in [2.24, 2.45) is 0 Å². The second kappa shape index (κ2) is 6.93. The number of carbonyl (C=O) groups excluding carboxylic acids is 1. The van der Waals surface area contributed by atoms with Crippen LogP contribution in [0.15, 0.2) is 22.6 Å². The Morgan fingerprint density at radius 1 is 1.48 bits per heavy atom. The lowest BCUT2D eigenvalue weighted by Gasteiger charge is -2.34. The smallest absolute Gasteiger partial charge is 0.376 e. The Bertz CT molecular complexity index is 841. The van der Waals surface area contributed by atoms with Crippen LogP contribution in [0.3, 0.4) is 0 Å². The molecule has 1 fully saturated rings. The lowest BCUT2D eigenvalue weighted by Crippen LogP contribution is -2.41. The highest BCUT2D eigenvalue weighted by Gasteiger charge is 2.27. The van der Waals surface area contributed by atoms with Crippen molar-refractivity contribution < 1.29 is 18.3 Å². The summed E-state index contributed by atoms with van der Waals surface area (Å²) in [5, 5.41) is 9.22. The predicted molar refractivity (Wildman–Crippen MR) is 87.7 cm³/mol. The van der Waals surface area contributed by atoms with Gasteiger partial charge in [-0.1, -0.05) is 0 Å². The highest BCUT2D eigenvalue weighted by Crippen LogP contribution is 2.26. The molecular weight excluding hydrogens is 325 g/mol. The van der Waals surface area contributed by atoms with E-state index in [-0.39, 0.29) is 17.4 Å². The number of nitrogens with zero attached hydrogens (tertiary/aromatic N) is 3. The Morgan fingerprint density at radius 3 is 2.96 bits per heavy atom. The van der Waals surface area contributed by atoms with E-state index in [0.29, 0.717) is 23.8 Å². The van der Waals surface area contributed by atoms with Gasteiger partial charge in [-0.15, -0.1) is 0 Å². The number of hydrogen-bond donors (Lipinski definition) is 0. The lowest BCUT2D eigenvalue weighted by atomic mass is 10.1. The van der Waals surface area contributed by atoms with Crippen molar-refractivity contribution in [3.05, 3.63) is 46.9 Å². The topological polar surface area (TPSA) is 79.4 Å². The minimum Gasteiger partial charge on any atom is -0.455 e. The number of esters is 1. The minimum atomic E-state index is -0.537. The normalized spacial score (nSPS) is 17.2. The van der Waals surface area contributed by atoms with E-state index in [1.54, 1.807) is 19.9 Å². The van der Waals surface area contributed by atoms with Crippen LogP contribution < -0.4 is 4.90 Å². The maximum Gasteiger partial charge on any atom is 0.376 e. The molecule has 0 radical (unpaired) electrons. The number of aromatic nitrogens is 1. The van der Waals surface area contributed by atoms with Crippen molar-refractivity contribution in [1.82, 2.24) is 4.98 Å². The Balaban J connectivity index is 1.73. The van der Waals surface area contributed by atoms with Crippen LogP contribution in [0.2, 0.25) is 0 Å². The maximum absolute atomic E-state index is 13.3. The summed E-state index contributed by atoms with van der Waals surface area (Å²) in [5.74, 6) is -0.449.